The standard InChI is InChI=1S/C30H51N7O8S/c1-19(2)16-24(30(43)34-23(10-8-9-15-37(5,6)7)29(42)36-25(18-38)27(31)40)35-28(41)21(4)33-26(39)17-32-46(44,45)22-13-11-20(3)12-14-22/h11-14,19,21,23-25,32,38H,8-10,15-18H2,1-7H3,(H5-,31,33,34,35,36,39,40,41,42,43)/p+1/t21-,23-,24-,25-/m0/s1. The summed E-state index contributed by atoms with van der Waals surface area (Å²) in [5.74, 6) is -3.81. The van der Waals surface area contributed by atoms with Crippen molar-refractivity contribution in [2.45, 2.75) is 82.4 Å². The van der Waals surface area contributed by atoms with Gasteiger partial charge in [0, 0.05) is 0 Å². The molecule has 1 rings (SSSR count). The number of hydrogen-bond donors (Lipinski definition) is 7. The number of primary amides is 1. The van der Waals surface area contributed by atoms with Crippen LogP contribution in [0, 0.1) is 12.8 Å². The number of nitrogens with one attached hydrogen (secondary N) is 5. The van der Waals surface area contributed by atoms with Gasteiger partial charge < -0.3 is 36.6 Å². The molecule has 0 aliphatic carbocycles. The van der Waals surface area contributed by atoms with E-state index in [2.05, 4.69) is 26.0 Å². The number of carbonyl (C=O) groups is 5. The van der Waals surface area contributed by atoms with E-state index < -0.39 is 76.9 Å². The molecule has 15 nitrogen and oxygen atoms in total. The number of nitrogens with zero attached hydrogens (tertiary/aromatic N) is 1. The lowest BCUT2D eigenvalue weighted by Crippen LogP contribution is -2.58. The quantitative estimate of drug-likeness (QED) is 0.0646. The van der Waals surface area contributed by atoms with E-state index in [4.69, 9.17) is 5.73 Å². The van der Waals surface area contributed by atoms with Gasteiger partial charge >= 0.3 is 0 Å². The van der Waals surface area contributed by atoms with Crippen LogP contribution in [0.3, 0.4) is 0 Å². The summed E-state index contributed by atoms with van der Waals surface area (Å²) in [5, 5.41) is 19.5. The zero-order chi connectivity index (χ0) is 35.2. The number of hydrogen-bond acceptors (Lipinski definition) is 8. The number of nitrogens with two attached hydrogens (primary N) is 1. The van der Waals surface area contributed by atoms with Crippen LogP contribution in [0.15, 0.2) is 29.2 Å². The third-order valence-electron chi connectivity index (χ3n) is 6.91. The van der Waals surface area contributed by atoms with Gasteiger partial charge in [0.1, 0.15) is 24.2 Å². The molecule has 0 aromatic heterocycles. The summed E-state index contributed by atoms with van der Waals surface area (Å²) in [4.78, 5) is 63.5. The van der Waals surface area contributed by atoms with Crippen molar-refractivity contribution in [3.05, 3.63) is 29.8 Å². The van der Waals surface area contributed by atoms with Crippen LogP contribution in [-0.4, -0.2) is 113 Å². The van der Waals surface area contributed by atoms with Crippen LogP contribution in [0.5, 0.6) is 0 Å². The van der Waals surface area contributed by atoms with Crippen molar-refractivity contribution in [1.82, 2.24) is 26.0 Å². The molecule has 0 saturated carbocycles. The Labute approximate surface area is 272 Å². The van der Waals surface area contributed by atoms with Crippen LogP contribution < -0.4 is 31.7 Å². The Morgan fingerprint density at radius 1 is 0.826 bits per heavy atom. The second kappa shape index (κ2) is 18.5. The smallest absolute Gasteiger partial charge is 0.243 e. The van der Waals surface area contributed by atoms with Crippen LogP contribution in [0.4, 0.5) is 0 Å². The molecule has 0 heterocycles. The van der Waals surface area contributed by atoms with E-state index in [1.807, 2.05) is 41.9 Å². The number of benzene rings is 1. The number of unbranched alkanes of at least 4 members (excludes halogenated alkanes) is 1. The highest BCUT2D eigenvalue weighted by molar-refractivity contribution is 7.89. The third-order valence-corrected chi connectivity index (χ3v) is 8.33. The minimum atomic E-state index is -3.96. The Hall–Kier alpha value is -3.60. The number of aryl methyl sites for hydroxylation is 1. The number of carbonyl (C=O) groups excluding carboxylic acids is 5. The van der Waals surface area contributed by atoms with Crippen LogP contribution in [0.1, 0.15) is 52.0 Å². The summed E-state index contributed by atoms with van der Waals surface area (Å²) in [6.07, 6.45) is 1.73. The van der Waals surface area contributed by atoms with Gasteiger partial charge in [-0.3, -0.25) is 24.0 Å². The molecule has 4 atom stereocenters. The van der Waals surface area contributed by atoms with E-state index in [0.717, 1.165) is 18.5 Å². The molecule has 0 aliphatic heterocycles. The molecule has 8 N–H and O–H groups in total. The first-order chi connectivity index (χ1) is 21.2. The highest BCUT2D eigenvalue weighted by Gasteiger charge is 2.30. The molecule has 0 fully saturated rings. The zero-order valence-electron chi connectivity index (χ0n) is 27.9. The van der Waals surface area contributed by atoms with Gasteiger partial charge in [-0.05, 0) is 57.6 Å². The number of rotatable bonds is 20. The van der Waals surface area contributed by atoms with E-state index in [1.165, 1.54) is 19.1 Å². The molecule has 1 aromatic rings. The number of sulfonamides is 1. The van der Waals surface area contributed by atoms with Crippen molar-refractivity contribution >= 4 is 39.6 Å². The van der Waals surface area contributed by atoms with Gasteiger partial charge in [-0.1, -0.05) is 31.5 Å². The van der Waals surface area contributed by atoms with Crippen LogP contribution in [-0.2, 0) is 34.0 Å². The first-order valence-electron chi connectivity index (χ1n) is 15.2. The minimum Gasteiger partial charge on any atom is -0.394 e. The monoisotopic (exact) mass is 670 g/mol. The maximum atomic E-state index is 13.4. The number of aliphatic hydroxyl groups is 1. The van der Waals surface area contributed by atoms with Crippen LogP contribution in [0.2, 0.25) is 0 Å². The van der Waals surface area contributed by atoms with E-state index in [9.17, 15) is 37.5 Å². The molecule has 46 heavy (non-hydrogen) atoms. The summed E-state index contributed by atoms with van der Waals surface area (Å²) in [6.45, 7) is 6.35. The topological polar surface area (TPSA) is 226 Å². The maximum Gasteiger partial charge on any atom is 0.243 e. The average Bonchev–Trinajstić information content (AvgIpc) is 2.95. The van der Waals surface area contributed by atoms with E-state index >= 15 is 0 Å². The van der Waals surface area contributed by atoms with E-state index in [-0.39, 0.29) is 23.7 Å². The molecule has 0 saturated heterocycles. The average molecular weight is 671 g/mol. The van der Waals surface area contributed by atoms with Gasteiger partial charge in [0.25, 0.3) is 0 Å². The summed E-state index contributed by atoms with van der Waals surface area (Å²) in [6, 6.07) is 1.43. The highest BCUT2D eigenvalue weighted by atomic mass is 32.2. The van der Waals surface area contributed by atoms with Gasteiger partial charge in [-0.15, -0.1) is 0 Å². The Kier molecular flexibility index (Phi) is 16.3. The molecule has 0 radical (unpaired) electrons. The number of aliphatic hydroxyl groups excluding tert-OH is 1. The van der Waals surface area contributed by atoms with Crippen LogP contribution >= 0.6 is 0 Å². The summed E-state index contributed by atoms with van der Waals surface area (Å²) in [7, 11) is 2.12. The maximum absolute atomic E-state index is 13.4. The summed E-state index contributed by atoms with van der Waals surface area (Å²) < 4.78 is 27.9. The molecule has 1 aromatic carbocycles. The fourth-order valence-electron chi connectivity index (χ4n) is 4.27. The van der Waals surface area contributed by atoms with E-state index in [0.29, 0.717) is 10.9 Å². The molecule has 0 spiro atoms. The third kappa shape index (κ3) is 15.1. The highest BCUT2D eigenvalue weighted by Crippen LogP contribution is 2.11. The van der Waals surface area contributed by atoms with Crippen molar-refractivity contribution in [3.8, 4) is 0 Å². The fourth-order valence-corrected chi connectivity index (χ4v) is 5.26. The molecular formula is C30H52N7O8S+. The second-order valence-corrected chi connectivity index (χ2v) is 14.6. The zero-order valence-corrected chi connectivity index (χ0v) is 28.7. The lowest BCUT2D eigenvalue weighted by molar-refractivity contribution is -0.870. The fraction of sp³-hybridized carbons (Fsp3) is 0.633. The van der Waals surface area contributed by atoms with Crippen molar-refractivity contribution in [2.24, 2.45) is 11.7 Å². The first-order valence-corrected chi connectivity index (χ1v) is 16.7. The molecule has 16 heteroatoms. The second-order valence-electron chi connectivity index (χ2n) is 12.8. The molecule has 0 unspecified atom stereocenters. The minimum absolute atomic E-state index is 0.0129. The lowest BCUT2D eigenvalue weighted by Gasteiger charge is -2.27. The Morgan fingerprint density at radius 2 is 1.37 bits per heavy atom. The molecule has 0 aliphatic rings. The van der Waals surface area contributed by atoms with Gasteiger partial charge in [-0.2, -0.15) is 0 Å². The predicted octanol–water partition coefficient (Wildman–Crippen LogP) is -1.37. The van der Waals surface area contributed by atoms with Crippen molar-refractivity contribution in [3.63, 3.8) is 0 Å². The van der Waals surface area contributed by atoms with Gasteiger partial charge in [0.2, 0.25) is 39.6 Å². The van der Waals surface area contributed by atoms with E-state index in [1.54, 1.807) is 12.1 Å². The van der Waals surface area contributed by atoms with Gasteiger partial charge in [-0.25, -0.2) is 13.1 Å². The Balaban J connectivity index is 2.93. The van der Waals surface area contributed by atoms with Crippen molar-refractivity contribution in [2.75, 3.05) is 40.8 Å². The summed E-state index contributed by atoms with van der Waals surface area (Å²) in [5.41, 5.74) is 6.11. The van der Waals surface area contributed by atoms with Crippen LogP contribution in [0.25, 0.3) is 0 Å². The lowest BCUT2D eigenvalue weighted by atomic mass is 10.0. The SMILES string of the molecule is Cc1ccc(S(=O)(=O)NCC(=O)N[C@@H](C)C(=O)N[C@@H](CC(C)C)C(=O)N[C@@H](CCCC[N+](C)(C)C)C(=O)N[C@@H](CO)C(N)=O)cc1. The van der Waals surface area contributed by atoms with Crippen molar-refractivity contribution in [1.29, 1.82) is 0 Å². The Bertz CT molecular complexity index is 1300. The molecule has 5 amide bonds. The Morgan fingerprint density at radius 3 is 1.89 bits per heavy atom. The normalized spacial score (nSPS) is 14.5. The first kappa shape index (κ1) is 40.4. The predicted molar refractivity (Wildman–Crippen MR) is 172 cm³/mol. The van der Waals surface area contributed by atoms with Gasteiger partial charge in [0.05, 0.1) is 45.7 Å². The molecular weight excluding hydrogens is 618 g/mol. The largest absolute Gasteiger partial charge is 0.394 e. The van der Waals surface area contributed by atoms with Crippen molar-refractivity contribution < 1.29 is 42.0 Å². The molecule has 0 bridgehead atoms. The molecule has 260 valence electrons. The number of amides is 5. The summed E-state index contributed by atoms with van der Waals surface area (Å²) >= 11 is 0. The van der Waals surface area contributed by atoms with Gasteiger partial charge in [0.15, 0.2) is 0 Å². The number of quaternary nitrogens is 1.